The predicted molar refractivity (Wildman–Crippen MR) is 111 cm³/mol. The van der Waals surface area contributed by atoms with E-state index in [2.05, 4.69) is 41.7 Å². The third-order valence-corrected chi connectivity index (χ3v) is 5.38. The monoisotopic (exact) mass is 375 g/mol. The van der Waals surface area contributed by atoms with Gasteiger partial charge < -0.3 is 10.1 Å². The first-order valence-corrected chi connectivity index (χ1v) is 9.58. The Morgan fingerprint density at radius 3 is 2.44 bits per heavy atom. The van der Waals surface area contributed by atoms with Gasteiger partial charge in [-0.2, -0.15) is 12.6 Å². The van der Waals surface area contributed by atoms with Crippen molar-refractivity contribution in [3.05, 3.63) is 95.1 Å². The van der Waals surface area contributed by atoms with Crippen LogP contribution in [0.25, 0.3) is 0 Å². The van der Waals surface area contributed by atoms with Crippen molar-refractivity contribution in [2.45, 2.75) is 24.7 Å². The highest BCUT2D eigenvalue weighted by atomic mass is 32.1. The molecule has 1 heterocycles. The van der Waals surface area contributed by atoms with Gasteiger partial charge in [0.2, 0.25) is 5.91 Å². The first kappa shape index (κ1) is 17.7. The lowest BCUT2D eigenvalue weighted by atomic mass is 10.0. The second-order valence-electron chi connectivity index (χ2n) is 6.71. The van der Waals surface area contributed by atoms with E-state index in [9.17, 15) is 4.79 Å². The van der Waals surface area contributed by atoms with E-state index in [0.29, 0.717) is 13.0 Å². The predicted octanol–water partition coefficient (Wildman–Crippen LogP) is 5.17. The smallest absolute Gasteiger partial charge is 0.224 e. The van der Waals surface area contributed by atoms with Gasteiger partial charge in [-0.15, -0.1) is 0 Å². The summed E-state index contributed by atoms with van der Waals surface area (Å²) in [5, 5.41) is 2.96. The van der Waals surface area contributed by atoms with Gasteiger partial charge in [0.05, 0.1) is 5.25 Å². The molecule has 0 bridgehead atoms. The second-order valence-corrected chi connectivity index (χ2v) is 7.23. The maximum Gasteiger partial charge on any atom is 0.224 e. The Morgan fingerprint density at radius 1 is 0.926 bits per heavy atom. The highest BCUT2D eigenvalue weighted by molar-refractivity contribution is 7.80. The summed E-state index contributed by atoms with van der Waals surface area (Å²) in [5.41, 5.74) is 5.48. The largest absolute Gasteiger partial charge is 0.489 e. The minimum absolute atomic E-state index is 0.0667. The molecule has 136 valence electrons. The third kappa shape index (κ3) is 4.17. The van der Waals surface area contributed by atoms with Crippen LogP contribution in [0.3, 0.4) is 0 Å². The Kier molecular flexibility index (Phi) is 5.16. The number of benzene rings is 3. The number of fused-ring (bicyclic) bond motifs is 1. The molecule has 4 heteroatoms. The molecule has 0 saturated heterocycles. The van der Waals surface area contributed by atoms with Crippen LogP contribution in [0.4, 0.5) is 5.69 Å². The van der Waals surface area contributed by atoms with Crippen LogP contribution in [-0.2, 0) is 17.8 Å². The molecule has 3 aromatic rings. The van der Waals surface area contributed by atoms with Crippen molar-refractivity contribution in [2.24, 2.45) is 0 Å². The van der Waals surface area contributed by atoms with E-state index in [1.54, 1.807) is 0 Å². The molecule has 0 spiro atoms. The minimum atomic E-state index is 0.0667. The van der Waals surface area contributed by atoms with Crippen LogP contribution in [-0.4, -0.2) is 5.91 Å². The average Bonchev–Trinajstić information content (AvgIpc) is 2.72. The first-order valence-electron chi connectivity index (χ1n) is 9.06. The molecule has 0 saturated carbocycles. The summed E-state index contributed by atoms with van der Waals surface area (Å²) in [6.07, 6.45) is 1.29. The van der Waals surface area contributed by atoms with Crippen LogP contribution in [0.2, 0.25) is 0 Å². The summed E-state index contributed by atoms with van der Waals surface area (Å²) in [6, 6.07) is 24.5. The Morgan fingerprint density at radius 2 is 1.67 bits per heavy atom. The lowest BCUT2D eigenvalue weighted by Gasteiger charge is -2.18. The number of hydrogen-bond acceptors (Lipinski definition) is 3. The van der Waals surface area contributed by atoms with Crippen molar-refractivity contribution < 1.29 is 9.53 Å². The highest BCUT2D eigenvalue weighted by Gasteiger charge is 2.15. The Balaban J connectivity index is 1.40. The van der Waals surface area contributed by atoms with Gasteiger partial charge in [0.15, 0.2) is 0 Å². The number of thiol groups is 1. The Hall–Kier alpha value is -2.72. The van der Waals surface area contributed by atoms with Gasteiger partial charge in [-0.1, -0.05) is 54.6 Å². The van der Waals surface area contributed by atoms with Crippen molar-refractivity contribution in [1.29, 1.82) is 0 Å². The third-order valence-electron chi connectivity index (χ3n) is 4.79. The number of carbonyl (C=O) groups is 1. The molecule has 4 rings (SSSR count). The van der Waals surface area contributed by atoms with Gasteiger partial charge >= 0.3 is 0 Å². The van der Waals surface area contributed by atoms with E-state index in [-0.39, 0.29) is 11.2 Å². The van der Waals surface area contributed by atoms with Crippen molar-refractivity contribution >= 4 is 24.2 Å². The number of aryl methyl sites for hydroxylation is 1. The number of rotatable bonds is 5. The number of ether oxygens (including phenoxy) is 1. The van der Waals surface area contributed by atoms with Crippen LogP contribution in [0.15, 0.2) is 72.8 Å². The van der Waals surface area contributed by atoms with Crippen LogP contribution < -0.4 is 10.1 Å². The number of anilines is 1. The van der Waals surface area contributed by atoms with E-state index < -0.39 is 0 Å². The van der Waals surface area contributed by atoms with Crippen molar-refractivity contribution in [3.63, 3.8) is 0 Å². The normalized spacial score (nSPS) is 14.2. The summed E-state index contributed by atoms with van der Waals surface area (Å²) in [5.74, 6) is 0.902. The lowest BCUT2D eigenvalue weighted by Crippen LogP contribution is -2.18. The minimum Gasteiger partial charge on any atom is -0.489 e. The molecular formula is C23H21NO2S. The van der Waals surface area contributed by atoms with Crippen LogP contribution >= 0.6 is 12.6 Å². The molecule has 0 aliphatic carbocycles. The number of nitrogens with one attached hydrogen (secondary N) is 1. The van der Waals surface area contributed by atoms with Gasteiger partial charge in [-0.25, -0.2) is 0 Å². The number of carbonyl (C=O) groups excluding carboxylic acids is 1. The average molecular weight is 375 g/mol. The molecule has 1 amide bonds. The molecule has 0 radical (unpaired) electrons. The zero-order chi connectivity index (χ0) is 18.6. The number of hydrogen-bond donors (Lipinski definition) is 2. The van der Waals surface area contributed by atoms with E-state index >= 15 is 0 Å². The van der Waals surface area contributed by atoms with Crippen LogP contribution in [0.1, 0.15) is 33.9 Å². The quantitative estimate of drug-likeness (QED) is 0.604. The Bertz CT molecular complexity index is 938. The van der Waals surface area contributed by atoms with Gasteiger partial charge in [-0.3, -0.25) is 4.79 Å². The SMILES string of the molecule is O=C1CCc2cc(OCc3ccc(C(S)c4ccccc4)cc3)ccc2N1. The summed E-state index contributed by atoms with van der Waals surface area (Å²) in [7, 11) is 0. The van der Waals surface area contributed by atoms with Gasteiger partial charge in [0.1, 0.15) is 12.4 Å². The van der Waals surface area contributed by atoms with Crippen LogP contribution in [0.5, 0.6) is 5.75 Å². The van der Waals surface area contributed by atoms with Crippen molar-refractivity contribution in [2.75, 3.05) is 5.32 Å². The first-order chi connectivity index (χ1) is 13.2. The summed E-state index contributed by atoms with van der Waals surface area (Å²) >= 11 is 4.74. The van der Waals surface area contributed by atoms with Gasteiger partial charge in [-0.05, 0) is 46.9 Å². The zero-order valence-electron chi connectivity index (χ0n) is 14.9. The maximum atomic E-state index is 11.4. The second kappa shape index (κ2) is 7.89. The molecule has 0 aromatic heterocycles. The molecule has 1 aliphatic heterocycles. The fourth-order valence-corrected chi connectivity index (χ4v) is 3.58. The van der Waals surface area contributed by atoms with E-state index in [1.165, 1.54) is 5.56 Å². The summed E-state index contributed by atoms with van der Waals surface area (Å²) < 4.78 is 5.94. The molecule has 27 heavy (non-hydrogen) atoms. The highest BCUT2D eigenvalue weighted by Crippen LogP contribution is 2.29. The molecule has 0 fully saturated rings. The molecule has 3 nitrogen and oxygen atoms in total. The summed E-state index contributed by atoms with van der Waals surface area (Å²) in [4.78, 5) is 11.4. The molecule has 1 aliphatic rings. The summed E-state index contributed by atoms with van der Waals surface area (Å²) in [6.45, 7) is 0.508. The molecule has 1 atom stereocenters. The van der Waals surface area contributed by atoms with Crippen molar-refractivity contribution in [3.8, 4) is 5.75 Å². The van der Waals surface area contributed by atoms with E-state index in [1.807, 2.05) is 36.4 Å². The maximum absolute atomic E-state index is 11.4. The van der Waals surface area contributed by atoms with E-state index in [0.717, 1.165) is 34.5 Å². The Labute approximate surface area is 164 Å². The molecular weight excluding hydrogens is 354 g/mol. The van der Waals surface area contributed by atoms with E-state index in [4.69, 9.17) is 17.4 Å². The fraction of sp³-hybridized carbons (Fsp3) is 0.174. The van der Waals surface area contributed by atoms with Crippen molar-refractivity contribution in [1.82, 2.24) is 0 Å². The molecule has 1 N–H and O–H groups in total. The lowest BCUT2D eigenvalue weighted by molar-refractivity contribution is -0.116. The topological polar surface area (TPSA) is 38.3 Å². The molecule has 1 unspecified atom stereocenters. The van der Waals surface area contributed by atoms with Crippen LogP contribution in [0, 0.1) is 0 Å². The number of amides is 1. The zero-order valence-corrected chi connectivity index (χ0v) is 15.8. The fourth-order valence-electron chi connectivity index (χ4n) is 3.24. The standard InChI is InChI=1S/C23H21NO2S/c25-22-13-10-19-14-20(11-12-21(19)24-22)26-15-16-6-8-18(9-7-16)23(27)17-4-2-1-3-5-17/h1-9,11-12,14,23,27H,10,13,15H2,(H,24,25). The van der Waals surface area contributed by atoms with Gasteiger partial charge in [0, 0.05) is 12.1 Å². The van der Waals surface area contributed by atoms with Gasteiger partial charge in [0.25, 0.3) is 0 Å². The molecule has 3 aromatic carbocycles.